The first-order valence-corrected chi connectivity index (χ1v) is 8.98. The van der Waals surface area contributed by atoms with Gasteiger partial charge in [0.05, 0.1) is 5.39 Å². The number of hydrogen-bond acceptors (Lipinski definition) is 4. The Balaban J connectivity index is 2.27. The number of aliphatic carboxylic acids is 1. The van der Waals surface area contributed by atoms with Gasteiger partial charge in [-0.2, -0.15) is 8.78 Å². The molecule has 5 nitrogen and oxygen atoms in total. The molecule has 0 spiro atoms. The number of fused-ring (bicyclic) bond motifs is 1. The van der Waals surface area contributed by atoms with E-state index in [-0.39, 0.29) is 40.8 Å². The Morgan fingerprint density at radius 2 is 1.83 bits per heavy atom. The van der Waals surface area contributed by atoms with E-state index in [2.05, 4.69) is 4.98 Å². The van der Waals surface area contributed by atoms with Crippen molar-refractivity contribution in [3.05, 3.63) is 64.9 Å². The molecule has 0 aliphatic carbocycles. The number of carboxylic acids is 1. The van der Waals surface area contributed by atoms with Crippen molar-refractivity contribution in [2.24, 2.45) is 0 Å². The summed E-state index contributed by atoms with van der Waals surface area (Å²) in [4.78, 5) is 15.1. The highest BCUT2D eigenvalue weighted by atomic mass is 19.3. The van der Waals surface area contributed by atoms with Crippen molar-refractivity contribution in [1.29, 1.82) is 0 Å². The summed E-state index contributed by atoms with van der Waals surface area (Å²) >= 11 is 0. The number of carboxylic acid groups (broad SMARTS) is 1. The number of pyridine rings is 1. The maximum absolute atomic E-state index is 14.5. The van der Waals surface area contributed by atoms with Crippen molar-refractivity contribution < 1.29 is 36.9 Å². The number of ether oxygens (including phenoxy) is 2. The second-order valence-electron chi connectivity index (χ2n) is 6.35. The van der Waals surface area contributed by atoms with Crippen LogP contribution in [0.5, 0.6) is 11.5 Å². The molecule has 0 atom stereocenters. The summed E-state index contributed by atoms with van der Waals surface area (Å²) in [6.07, 6.45) is 0.342. The molecule has 9 heteroatoms. The van der Waals surface area contributed by atoms with E-state index < -0.39 is 30.8 Å². The minimum atomic E-state index is -3.23. The van der Waals surface area contributed by atoms with Gasteiger partial charge in [0, 0.05) is 17.7 Å². The van der Waals surface area contributed by atoms with Crippen LogP contribution in [0.4, 0.5) is 17.6 Å². The highest BCUT2D eigenvalue weighted by Crippen LogP contribution is 2.40. The molecule has 0 amide bonds. The number of aryl methyl sites for hydroxylation is 1. The lowest BCUT2D eigenvalue weighted by molar-refractivity contribution is -0.139. The van der Waals surface area contributed by atoms with Gasteiger partial charge in [0.15, 0.2) is 6.61 Å². The number of nitrogens with zero attached hydrogens (tertiary/aromatic N) is 1. The van der Waals surface area contributed by atoms with E-state index in [1.165, 1.54) is 24.3 Å². The van der Waals surface area contributed by atoms with E-state index in [1.807, 2.05) is 0 Å². The second kappa shape index (κ2) is 8.98. The number of halogens is 4. The molecule has 0 saturated heterocycles. The summed E-state index contributed by atoms with van der Waals surface area (Å²) in [7, 11) is 0. The third kappa shape index (κ3) is 4.61. The third-order valence-electron chi connectivity index (χ3n) is 4.37. The molecule has 0 fully saturated rings. The largest absolute Gasteiger partial charge is 0.481 e. The zero-order chi connectivity index (χ0) is 21.8. The summed E-state index contributed by atoms with van der Waals surface area (Å²) in [5.41, 5.74) is 0.892. The summed E-state index contributed by atoms with van der Waals surface area (Å²) in [6.45, 7) is -2.28. The molecule has 2 aromatic carbocycles. The van der Waals surface area contributed by atoms with E-state index in [4.69, 9.17) is 14.6 Å². The Labute approximate surface area is 168 Å². The zero-order valence-electron chi connectivity index (χ0n) is 15.8. The van der Waals surface area contributed by atoms with Crippen LogP contribution >= 0.6 is 0 Å². The number of hydrogen-bond donors (Lipinski definition) is 1. The molecule has 1 aromatic heterocycles. The quantitative estimate of drug-likeness (QED) is 0.531. The maximum Gasteiger partial charge on any atom is 0.387 e. The fourth-order valence-corrected chi connectivity index (χ4v) is 3.12. The first-order chi connectivity index (χ1) is 14.3. The highest BCUT2D eigenvalue weighted by molar-refractivity contribution is 5.93. The van der Waals surface area contributed by atoms with Gasteiger partial charge < -0.3 is 14.6 Å². The predicted octanol–water partition coefficient (Wildman–Crippen LogP) is 4.73. The molecule has 30 heavy (non-hydrogen) atoms. The first-order valence-electron chi connectivity index (χ1n) is 8.98. The second-order valence-corrected chi connectivity index (χ2v) is 6.35. The molecule has 0 bridgehead atoms. The average Bonchev–Trinajstić information content (AvgIpc) is 2.70. The number of alkyl halides is 2. The minimum Gasteiger partial charge on any atom is -0.481 e. The topological polar surface area (TPSA) is 68.7 Å². The number of rotatable bonds is 8. The molecular weight excluding hydrogens is 406 g/mol. The van der Waals surface area contributed by atoms with Crippen LogP contribution < -0.4 is 9.47 Å². The molecule has 0 aliphatic heterocycles. The molecule has 0 radical (unpaired) electrons. The SMILES string of the molecule is CCc1nc2c(F)ccc(OCC(=O)O)c2c(OC(F)F)c1Cc1ccc(F)cc1. The van der Waals surface area contributed by atoms with Crippen LogP contribution in [0, 0.1) is 11.6 Å². The van der Waals surface area contributed by atoms with Crippen molar-refractivity contribution in [3.8, 4) is 11.5 Å². The Bertz CT molecular complexity index is 1070. The van der Waals surface area contributed by atoms with E-state index in [1.54, 1.807) is 6.92 Å². The molecule has 1 heterocycles. The number of benzene rings is 2. The summed E-state index contributed by atoms with van der Waals surface area (Å²) < 4.78 is 64.2. The smallest absolute Gasteiger partial charge is 0.387 e. The molecule has 3 rings (SSSR count). The average molecular weight is 423 g/mol. The van der Waals surface area contributed by atoms with E-state index >= 15 is 0 Å². The zero-order valence-corrected chi connectivity index (χ0v) is 15.8. The summed E-state index contributed by atoms with van der Waals surface area (Å²) in [5.74, 6) is -3.05. The van der Waals surface area contributed by atoms with Crippen LogP contribution in [-0.4, -0.2) is 29.3 Å². The predicted molar refractivity (Wildman–Crippen MR) is 100 cm³/mol. The van der Waals surface area contributed by atoms with Gasteiger partial charge in [0.25, 0.3) is 0 Å². The van der Waals surface area contributed by atoms with E-state index in [9.17, 15) is 22.4 Å². The molecule has 0 unspecified atom stereocenters. The molecular formula is C21H17F4NO4. The van der Waals surface area contributed by atoms with E-state index in [0.717, 1.165) is 12.1 Å². The van der Waals surface area contributed by atoms with Gasteiger partial charge >= 0.3 is 12.6 Å². The monoisotopic (exact) mass is 423 g/mol. The van der Waals surface area contributed by atoms with Crippen molar-refractivity contribution in [2.75, 3.05) is 6.61 Å². The van der Waals surface area contributed by atoms with E-state index in [0.29, 0.717) is 11.3 Å². The van der Waals surface area contributed by atoms with Gasteiger partial charge in [-0.05, 0) is 36.2 Å². The van der Waals surface area contributed by atoms with Crippen molar-refractivity contribution >= 4 is 16.9 Å². The van der Waals surface area contributed by atoms with Crippen molar-refractivity contribution in [1.82, 2.24) is 4.98 Å². The summed E-state index contributed by atoms with van der Waals surface area (Å²) in [6, 6.07) is 7.57. The molecule has 1 N–H and O–H groups in total. The molecule has 0 aliphatic rings. The Morgan fingerprint density at radius 3 is 2.43 bits per heavy atom. The van der Waals surface area contributed by atoms with Gasteiger partial charge in [-0.15, -0.1) is 0 Å². The Kier molecular flexibility index (Phi) is 6.39. The Morgan fingerprint density at radius 1 is 1.13 bits per heavy atom. The van der Waals surface area contributed by atoms with Gasteiger partial charge in [-0.1, -0.05) is 19.1 Å². The molecule has 0 saturated carbocycles. The lowest BCUT2D eigenvalue weighted by atomic mass is 9.98. The fraction of sp³-hybridized carbons (Fsp3) is 0.238. The molecule has 3 aromatic rings. The highest BCUT2D eigenvalue weighted by Gasteiger charge is 2.24. The normalized spacial score (nSPS) is 11.1. The van der Waals surface area contributed by atoms with Crippen LogP contribution in [-0.2, 0) is 17.6 Å². The van der Waals surface area contributed by atoms with Crippen LogP contribution in [0.2, 0.25) is 0 Å². The maximum atomic E-state index is 14.5. The first kappa shape index (κ1) is 21.4. The van der Waals surface area contributed by atoms with Crippen LogP contribution in [0.25, 0.3) is 10.9 Å². The Hall–Kier alpha value is -3.36. The molecule has 158 valence electrons. The van der Waals surface area contributed by atoms with Gasteiger partial charge in [-0.3, -0.25) is 0 Å². The van der Waals surface area contributed by atoms with Gasteiger partial charge in [0.2, 0.25) is 0 Å². The minimum absolute atomic E-state index is 0.0589. The number of aromatic nitrogens is 1. The van der Waals surface area contributed by atoms with Crippen LogP contribution in [0.1, 0.15) is 23.7 Å². The van der Waals surface area contributed by atoms with Crippen molar-refractivity contribution in [2.45, 2.75) is 26.4 Å². The van der Waals surface area contributed by atoms with Crippen molar-refractivity contribution in [3.63, 3.8) is 0 Å². The summed E-state index contributed by atoms with van der Waals surface area (Å²) in [5, 5.41) is 8.68. The standard InChI is InChI=1S/C21H17F4NO4/c1-2-15-13(9-11-3-5-12(22)6-4-11)20(30-21(24)25)18-16(29-10-17(27)28)8-7-14(23)19(18)26-15/h3-8,21H,2,9-10H2,1H3,(H,27,28). The lowest BCUT2D eigenvalue weighted by Crippen LogP contribution is -2.13. The number of carbonyl (C=O) groups is 1. The fourth-order valence-electron chi connectivity index (χ4n) is 3.12. The van der Waals surface area contributed by atoms with Crippen LogP contribution in [0.3, 0.4) is 0 Å². The van der Waals surface area contributed by atoms with Crippen LogP contribution in [0.15, 0.2) is 36.4 Å². The third-order valence-corrected chi connectivity index (χ3v) is 4.37. The lowest BCUT2D eigenvalue weighted by Gasteiger charge is -2.19. The van der Waals surface area contributed by atoms with Gasteiger partial charge in [0.1, 0.15) is 28.7 Å². The van der Waals surface area contributed by atoms with Gasteiger partial charge in [-0.25, -0.2) is 18.6 Å².